The van der Waals surface area contributed by atoms with Crippen LogP contribution in [0.25, 0.3) is 6.08 Å². The predicted octanol–water partition coefficient (Wildman–Crippen LogP) is 2.23. The first-order valence-corrected chi connectivity index (χ1v) is 7.75. The van der Waals surface area contributed by atoms with E-state index >= 15 is 0 Å². The summed E-state index contributed by atoms with van der Waals surface area (Å²) in [5.41, 5.74) is 1.08. The highest BCUT2D eigenvalue weighted by atomic mass is 32.1. The Kier molecular flexibility index (Phi) is 4.49. The Morgan fingerprint density at radius 1 is 1.08 bits per heavy atom. The first-order chi connectivity index (χ1) is 12.0. The summed E-state index contributed by atoms with van der Waals surface area (Å²) in [4.78, 5) is 26.2. The van der Waals surface area contributed by atoms with Crippen LogP contribution in [0.5, 0.6) is 11.5 Å². The van der Waals surface area contributed by atoms with Crippen LogP contribution in [0.1, 0.15) is 5.56 Å². The molecular weight excluding hydrogens is 340 g/mol. The molecule has 7 heteroatoms. The van der Waals surface area contributed by atoms with E-state index in [2.05, 4.69) is 5.32 Å². The number of benzene rings is 2. The Morgan fingerprint density at radius 2 is 1.72 bits per heavy atom. The van der Waals surface area contributed by atoms with Crippen LogP contribution in [0.3, 0.4) is 0 Å². The zero-order valence-electron chi connectivity index (χ0n) is 13.2. The molecule has 1 fully saturated rings. The highest BCUT2D eigenvalue weighted by molar-refractivity contribution is 7.80. The van der Waals surface area contributed by atoms with E-state index in [0.717, 1.165) is 0 Å². The van der Waals surface area contributed by atoms with Crippen molar-refractivity contribution in [2.75, 3.05) is 12.0 Å². The number of carbonyl (C=O) groups is 2. The lowest BCUT2D eigenvalue weighted by Gasteiger charge is -2.29. The van der Waals surface area contributed by atoms with Crippen molar-refractivity contribution < 1.29 is 19.4 Å². The monoisotopic (exact) mass is 354 g/mol. The third kappa shape index (κ3) is 3.36. The first-order valence-electron chi connectivity index (χ1n) is 7.34. The van der Waals surface area contributed by atoms with Crippen LogP contribution in [0.15, 0.2) is 54.1 Å². The van der Waals surface area contributed by atoms with Gasteiger partial charge in [0.15, 0.2) is 5.11 Å². The fraction of sp³-hybridized carbons (Fsp3) is 0.0556. The third-order valence-corrected chi connectivity index (χ3v) is 3.92. The number of rotatable bonds is 3. The third-order valence-electron chi connectivity index (χ3n) is 3.64. The summed E-state index contributed by atoms with van der Waals surface area (Å²) in [5, 5.41) is 11.9. The van der Waals surface area contributed by atoms with Gasteiger partial charge in [0.05, 0.1) is 12.8 Å². The van der Waals surface area contributed by atoms with Gasteiger partial charge >= 0.3 is 0 Å². The fourth-order valence-electron chi connectivity index (χ4n) is 2.36. The highest BCUT2D eigenvalue weighted by Crippen LogP contribution is 2.24. The number of nitrogens with one attached hydrogen (secondary N) is 1. The summed E-state index contributed by atoms with van der Waals surface area (Å²) < 4.78 is 5.10. The smallest absolute Gasteiger partial charge is 0.270 e. The van der Waals surface area contributed by atoms with Gasteiger partial charge in [-0.1, -0.05) is 12.1 Å². The molecule has 0 unspecified atom stereocenters. The summed E-state index contributed by atoms with van der Waals surface area (Å²) in [6.07, 6.45) is 1.45. The lowest BCUT2D eigenvalue weighted by molar-refractivity contribution is -0.122. The summed E-state index contributed by atoms with van der Waals surface area (Å²) in [6.45, 7) is 0. The number of carbonyl (C=O) groups excluding carboxylic acids is 2. The van der Waals surface area contributed by atoms with E-state index in [4.69, 9.17) is 17.0 Å². The molecule has 0 bridgehead atoms. The van der Waals surface area contributed by atoms with E-state index < -0.39 is 11.8 Å². The largest absolute Gasteiger partial charge is 0.508 e. The number of ether oxygens (including phenoxy) is 1. The molecule has 2 aromatic carbocycles. The lowest BCUT2D eigenvalue weighted by atomic mass is 10.1. The first kappa shape index (κ1) is 16.7. The van der Waals surface area contributed by atoms with Gasteiger partial charge in [0.25, 0.3) is 11.8 Å². The maximum atomic E-state index is 12.8. The van der Waals surface area contributed by atoms with Crippen molar-refractivity contribution in [3.8, 4) is 11.5 Å². The summed E-state index contributed by atoms with van der Waals surface area (Å²) >= 11 is 5.14. The number of methoxy groups -OCH3 is 1. The maximum Gasteiger partial charge on any atom is 0.270 e. The molecule has 3 rings (SSSR count). The van der Waals surface area contributed by atoms with Gasteiger partial charge in [0, 0.05) is 0 Å². The topological polar surface area (TPSA) is 78.9 Å². The van der Waals surface area contributed by atoms with Crippen LogP contribution in [-0.2, 0) is 9.59 Å². The van der Waals surface area contributed by atoms with Crippen LogP contribution in [0, 0.1) is 0 Å². The molecule has 126 valence electrons. The minimum Gasteiger partial charge on any atom is -0.508 e. The number of thiocarbonyl (C=S) groups is 1. The van der Waals surface area contributed by atoms with Gasteiger partial charge in [-0.3, -0.25) is 19.8 Å². The molecule has 2 N–H and O–H groups in total. The van der Waals surface area contributed by atoms with E-state index in [9.17, 15) is 14.7 Å². The second-order valence-corrected chi connectivity index (χ2v) is 5.63. The second-order valence-electron chi connectivity index (χ2n) is 5.25. The standard InChI is InChI=1S/C18H14N2O4S/c1-24-14-8-4-12(5-9-14)20-17(23)15(16(22)19-18(20)25)10-11-2-6-13(21)7-3-11/h2-10,21H,1H3,(H,19,22,25)/b15-10+. The Balaban J connectivity index is 1.97. The molecule has 0 radical (unpaired) electrons. The van der Waals surface area contributed by atoms with Crippen molar-refractivity contribution in [1.82, 2.24) is 5.32 Å². The number of hydrogen-bond donors (Lipinski definition) is 2. The van der Waals surface area contributed by atoms with Crippen LogP contribution in [0.2, 0.25) is 0 Å². The van der Waals surface area contributed by atoms with Crippen molar-refractivity contribution >= 4 is 40.9 Å². The fourth-order valence-corrected chi connectivity index (χ4v) is 2.64. The van der Waals surface area contributed by atoms with E-state index in [0.29, 0.717) is 17.0 Å². The minimum atomic E-state index is -0.562. The number of anilines is 1. The summed E-state index contributed by atoms with van der Waals surface area (Å²) in [7, 11) is 1.55. The van der Waals surface area contributed by atoms with Crippen molar-refractivity contribution in [2.24, 2.45) is 0 Å². The molecule has 6 nitrogen and oxygen atoms in total. The molecule has 1 heterocycles. The minimum absolute atomic E-state index is 0.0167. The number of aromatic hydroxyl groups is 1. The molecule has 2 amide bonds. The molecule has 1 aliphatic heterocycles. The van der Waals surface area contributed by atoms with Crippen molar-refractivity contribution in [1.29, 1.82) is 0 Å². The van der Waals surface area contributed by atoms with Crippen LogP contribution in [0.4, 0.5) is 5.69 Å². The molecule has 0 atom stereocenters. The van der Waals surface area contributed by atoms with Gasteiger partial charge < -0.3 is 9.84 Å². The van der Waals surface area contributed by atoms with E-state index in [1.165, 1.54) is 23.1 Å². The number of amides is 2. The Bertz CT molecular complexity index is 873. The number of nitrogens with zero attached hydrogens (tertiary/aromatic N) is 1. The van der Waals surface area contributed by atoms with Crippen molar-refractivity contribution in [2.45, 2.75) is 0 Å². The van der Waals surface area contributed by atoms with E-state index in [-0.39, 0.29) is 16.4 Å². The maximum absolute atomic E-state index is 12.8. The lowest BCUT2D eigenvalue weighted by Crippen LogP contribution is -2.54. The molecule has 1 aliphatic rings. The molecule has 0 aliphatic carbocycles. The van der Waals surface area contributed by atoms with Gasteiger partial charge in [-0.15, -0.1) is 0 Å². The molecule has 0 saturated carbocycles. The molecule has 2 aromatic rings. The SMILES string of the molecule is COc1ccc(N2C(=O)/C(=C/c3ccc(O)cc3)C(=O)NC2=S)cc1. The van der Waals surface area contributed by atoms with E-state index in [1.807, 2.05) is 0 Å². The van der Waals surface area contributed by atoms with Crippen LogP contribution < -0.4 is 15.0 Å². The average Bonchev–Trinajstić information content (AvgIpc) is 2.60. The van der Waals surface area contributed by atoms with Gasteiger partial charge in [-0.05, 0) is 60.3 Å². The zero-order valence-corrected chi connectivity index (χ0v) is 14.0. The van der Waals surface area contributed by atoms with Crippen LogP contribution >= 0.6 is 12.2 Å². The van der Waals surface area contributed by atoms with E-state index in [1.54, 1.807) is 43.5 Å². The number of phenols is 1. The highest BCUT2D eigenvalue weighted by Gasteiger charge is 2.34. The average molecular weight is 354 g/mol. The van der Waals surface area contributed by atoms with Crippen molar-refractivity contribution in [3.63, 3.8) is 0 Å². The van der Waals surface area contributed by atoms with Gasteiger partial charge in [0.2, 0.25) is 0 Å². The number of phenolic OH excluding ortho intramolecular Hbond substituents is 1. The van der Waals surface area contributed by atoms with Crippen molar-refractivity contribution in [3.05, 3.63) is 59.7 Å². The predicted molar refractivity (Wildman–Crippen MR) is 97.3 cm³/mol. The summed E-state index contributed by atoms with van der Waals surface area (Å²) in [5.74, 6) is -0.342. The number of hydrogen-bond acceptors (Lipinski definition) is 5. The summed E-state index contributed by atoms with van der Waals surface area (Å²) in [6, 6.07) is 12.9. The molecule has 0 spiro atoms. The Labute approximate surface area is 149 Å². The second kappa shape index (κ2) is 6.74. The molecule has 1 saturated heterocycles. The molecule has 0 aromatic heterocycles. The van der Waals surface area contributed by atoms with Gasteiger partial charge in [-0.25, -0.2) is 0 Å². The van der Waals surface area contributed by atoms with Gasteiger partial charge in [0.1, 0.15) is 17.1 Å². The Morgan fingerprint density at radius 3 is 2.32 bits per heavy atom. The zero-order chi connectivity index (χ0) is 18.0. The Hall–Kier alpha value is -3.19. The molecule has 25 heavy (non-hydrogen) atoms. The van der Waals surface area contributed by atoms with Gasteiger partial charge in [-0.2, -0.15) is 0 Å². The molecular formula is C18H14N2O4S. The normalized spacial score (nSPS) is 16.1. The quantitative estimate of drug-likeness (QED) is 0.502. The van der Waals surface area contributed by atoms with Crippen LogP contribution in [-0.4, -0.2) is 29.1 Å².